The average Bonchev–Trinajstić information content (AvgIpc) is 2.52. The molecule has 26 heavy (non-hydrogen) atoms. The van der Waals surface area contributed by atoms with Gasteiger partial charge in [0.25, 0.3) is 10.0 Å². The first kappa shape index (κ1) is 19.8. The summed E-state index contributed by atoms with van der Waals surface area (Å²) in [6.07, 6.45) is -10.3. The molecule has 1 N–H and O–H groups in total. The summed E-state index contributed by atoms with van der Waals surface area (Å²) in [4.78, 5) is 2.53. The third-order valence-corrected chi connectivity index (χ3v) is 4.42. The van der Waals surface area contributed by atoms with E-state index in [9.17, 15) is 34.8 Å². The Labute approximate surface area is 143 Å². The minimum Gasteiger partial charge on any atom is -0.497 e. The molecule has 0 fully saturated rings. The molecule has 0 saturated carbocycles. The van der Waals surface area contributed by atoms with Crippen molar-refractivity contribution in [1.82, 2.24) is 4.98 Å². The molecule has 0 amide bonds. The number of nitrogens with one attached hydrogen (secondary N) is 1. The normalized spacial score (nSPS) is 12.7. The zero-order chi connectivity index (χ0) is 19.8. The number of alkyl halides is 6. The molecule has 0 spiro atoms. The van der Waals surface area contributed by atoms with Crippen molar-refractivity contribution in [3.8, 4) is 5.75 Å². The number of halogens is 6. The van der Waals surface area contributed by atoms with E-state index in [2.05, 4.69) is 4.98 Å². The largest absolute Gasteiger partial charge is 0.497 e. The van der Waals surface area contributed by atoms with Crippen LogP contribution in [0.25, 0.3) is 0 Å². The number of pyridine rings is 1. The number of benzene rings is 1. The Morgan fingerprint density at radius 3 is 2.00 bits per heavy atom. The topological polar surface area (TPSA) is 68.3 Å². The van der Waals surface area contributed by atoms with E-state index in [-0.39, 0.29) is 12.1 Å². The third-order valence-electron chi connectivity index (χ3n) is 3.05. The summed E-state index contributed by atoms with van der Waals surface area (Å²) in [6.45, 7) is 0. The van der Waals surface area contributed by atoms with Crippen molar-refractivity contribution in [2.45, 2.75) is 17.2 Å². The molecule has 0 unspecified atom stereocenters. The van der Waals surface area contributed by atoms with Crippen LogP contribution in [0.2, 0.25) is 0 Å². The van der Waals surface area contributed by atoms with E-state index in [4.69, 9.17) is 4.74 Å². The molecule has 0 aliphatic rings. The molecule has 0 radical (unpaired) electrons. The SMILES string of the molecule is COc1ccc(S(=O)(=O)Nc2cc(C(F)(F)F)cc(C(F)(F)F)n2)cc1. The molecule has 1 heterocycles. The Morgan fingerprint density at radius 1 is 0.962 bits per heavy atom. The molecule has 0 aliphatic carbocycles. The molecule has 1 aromatic heterocycles. The molecule has 2 aromatic rings. The average molecular weight is 400 g/mol. The van der Waals surface area contributed by atoms with Crippen molar-refractivity contribution >= 4 is 15.8 Å². The second-order valence-corrected chi connectivity index (χ2v) is 6.59. The van der Waals surface area contributed by atoms with E-state index in [1.807, 2.05) is 0 Å². The predicted molar refractivity (Wildman–Crippen MR) is 78.0 cm³/mol. The highest BCUT2D eigenvalue weighted by molar-refractivity contribution is 7.92. The number of hydrogen-bond acceptors (Lipinski definition) is 4. The van der Waals surface area contributed by atoms with Crippen LogP contribution in [0.1, 0.15) is 11.3 Å². The molecule has 12 heteroatoms. The van der Waals surface area contributed by atoms with Gasteiger partial charge in [-0.2, -0.15) is 26.3 Å². The van der Waals surface area contributed by atoms with Gasteiger partial charge >= 0.3 is 12.4 Å². The quantitative estimate of drug-likeness (QED) is 0.790. The van der Waals surface area contributed by atoms with Gasteiger partial charge in [-0.25, -0.2) is 13.4 Å². The van der Waals surface area contributed by atoms with Crippen molar-refractivity contribution in [3.05, 3.63) is 47.7 Å². The number of rotatable bonds is 4. The first-order valence-corrected chi connectivity index (χ1v) is 8.14. The van der Waals surface area contributed by atoms with Gasteiger partial charge in [-0.1, -0.05) is 0 Å². The molecule has 0 bridgehead atoms. The van der Waals surface area contributed by atoms with E-state index in [1.54, 1.807) is 4.72 Å². The van der Waals surface area contributed by atoms with E-state index >= 15 is 0 Å². The standard InChI is InChI=1S/C14H10F6N2O3S/c1-25-9-2-4-10(5-3-9)26(23,24)22-12-7-8(13(15,16)17)6-11(21-12)14(18,19)20/h2-7H,1H3,(H,21,22). The lowest BCUT2D eigenvalue weighted by molar-refractivity contribution is -0.145. The first-order chi connectivity index (χ1) is 11.8. The maximum Gasteiger partial charge on any atom is 0.433 e. The van der Waals surface area contributed by atoms with Crippen LogP contribution in [0.3, 0.4) is 0 Å². The van der Waals surface area contributed by atoms with Crippen molar-refractivity contribution in [2.24, 2.45) is 0 Å². The molecule has 5 nitrogen and oxygen atoms in total. The molecule has 2 rings (SSSR count). The van der Waals surface area contributed by atoms with Crippen molar-refractivity contribution in [2.75, 3.05) is 11.8 Å². The van der Waals surface area contributed by atoms with Gasteiger partial charge in [0.1, 0.15) is 17.3 Å². The van der Waals surface area contributed by atoms with Crippen molar-refractivity contribution < 1.29 is 39.5 Å². The maximum absolute atomic E-state index is 12.8. The monoisotopic (exact) mass is 400 g/mol. The summed E-state index contributed by atoms with van der Waals surface area (Å²) in [5, 5.41) is 0. The lowest BCUT2D eigenvalue weighted by Crippen LogP contribution is -2.18. The van der Waals surface area contributed by atoms with E-state index in [1.165, 1.54) is 19.2 Å². The summed E-state index contributed by atoms with van der Waals surface area (Å²) in [5.74, 6) is -0.802. The van der Waals surface area contributed by atoms with Gasteiger partial charge in [-0.15, -0.1) is 0 Å². The fourth-order valence-electron chi connectivity index (χ4n) is 1.84. The van der Waals surface area contributed by atoms with Crippen LogP contribution in [0.5, 0.6) is 5.75 Å². The summed E-state index contributed by atoms with van der Waals surface area (Å²) in [5.41, 5.74) is -3.56. The van der Waals surface area contributed by atoms with Crippen LogP contribution in [-0.2, 0) is 22.4 Å². The molecule has 0 atom stereocenters. The van der Waals surface area contributed by atoms with Gasteiger partial charge < -0.3 is 4.74 Å². The molecule has 142 valence electrons. The van der Waals surface area contributed by atoms with Crippen LogP contribution in [0.4, 0.5) is 32.2 Å². The lowest BCUT2D eigenvalue weighted by atomic mass is 10.2. The summed E-state index contributed by atoms with van der Waals surface area (Å²) in [6, 6.07) is 4.63. The summed E-state index contributed by atoms with van der Waals surface area (Å²) in [7, 11) is -3.14. The second kappa shape index (κ2) is 6.67. The highest BCUT2D eigenvalue weighted by Gasteiger charge is 2.38. The minimum absolute atomic E-state index is 0.177. The van der Waals surface area contributed by atoms with Crippen LogP contribution in [0, 0.1) is 0 Å². The zero-order valence-corrected chi connectivity index (χ0v) is 13.6. The Hall–Kier alpha value is -2.50. The van der Waals surface area contributed by atoms with Gasteiger partial charge in [-0.3, -0.25) is 4.72 Å². The predicted octanol–water partition coefficient (Wildman–Crippen LogP) is 3.93. The number of anilines is 1. The number of ether oxygens (including phenoxy) is 1. The maximum atomic E-state index is 12.8. The van der Waals surface area contributed by atoms with Crippen molar-refractivity contribution in [3.63, 3.8) is 0 Å². The molecule has 1 aromatic carbocycles. The van der Waals surface area contributed by atoms with Gasteiger partial charge in [0, 0.05) is 0 Å². The lowest BCUT2D eigenvalue weighted by Gasteiger charge is -2.14. The molecule has 0 aliphatic heterocycles. The number of methoxy groups -OCH3 is 1. The number of aromatic nitrogens is 1. The third kappa shape index (κ3) is 4.56. The van der Waals surface area contributed by atoms with Crippen molar-refractivity contribution in [1.29, 1.82) is 0 Å². The van der Waals surface area contributed by atoms with Crippen LogP contribution in [-0.4, -0.2) is 20.5 Å². The molecular weight excluding hydrogens is 390 g/mol. The smallest absolute Gasteiger partial charge is 0.433 e. The highest BCUT2D eigenvalue weighted by Crippen LogP contribution is 2.36. The second-order valence-electron chi connectivity index (χ2n) is 4.90. The highest BCUT2D eigenvalue weighted by atomic mass is 32.2. The first-order valence-electron chi connectivity index (χ1n) is 6.66. The Kier molecular flexibility index (Phi) is 5.08. The Morgan fingerprint density at radius 2 is 1.54 bits per heavy atom. The number of hydrogen-bond donors (Lipinski definition) is 1. The van der Waals surface area contributed by atoms with Crippen LogP contribution < -0.4 is 9.46 Å². The van der Waals surface area contributed by atoms with Gasteiger partial charge in [-0.05, 0) is 36.4 Å². The summed E-state index contributed by atoms with van der Waals surface area (Å²) < 4.78 is 107. The number of sulfonamides is 1. The van der Waals surface area contributed by atoms with E-state index in [0.29, 0.717) is 5.75 Å². The molecular formula is C14H10F6N2O3S. The summed E-state index contributed by atoms with van der Waals surface area (Å²) >= 11 is 0. The Bertz CT molecular complexity index is 860. The van der Waals surface area contributed by atoms with E-state index in [0.717, 1.165) is 12.1 Å². The fraction of sp³-hybridized carbons (Fsp3) is 0.214. The van der Waals surface area contributed by atoms with Crippen LogP contribution >= 0.6 is 0 Å². The van der Waals surface area contributed by atoms with Gasteiger partial charge in [0.05, 0.1) is 17.6 Å². The Balaban J connectivity index is 2.46. The van der Waals surface area contributed by atoms with Gasteiger partial charge in [0.2, 0.25) is 0 Å². The van der Waals surface area contributed by atoms with Crippen LogP contribution in [0.15, 0.2) is 41.3 Å². The fourth-order valence-corrected chi connectivity index (χ4v) is 2.84. The minimum atomic E-state index is -5.19. The van der Waals surface area contributed by atoms with E-state index < -0.39 is 44.3 Å². The number of nitrogens with zero attached hydrogens (tertiary/aromatic N) is 1. The molecule has 0 saturated heterocycles. The zero-order valence-electron chi connectivity index (χ0n) is 12.8. The van der Waals surface area contributed by atoms with Gasteiger partial charge in [0.15, 0.2) is 0 Å².